The van der Waals surface area contributed by atoms with E-state index in [1.54, 1.807) is 12.4 Å². The Kier molecular flexibility index (Phi) is 1.85. The van der Waals surface area contributed by atoms with Crippen molar-refractivity contribution in [2.45, 2.75) is 0 Å². The Labute approximate surface area is 59.0 Å². The summed E-state index contributed by atoms with van der Waals surface area (Å²) in [5.74, 6) is 0. The molecule has 1 rings (SSSR count). The van der Waals surface area contributed by atoms with Crippen molar-refractivity contribution in [2.24, 2.45) is 0 Å². The second-order valence-corrected chi connectivity index (χ2v) is 2.10. The van der Waals surface area contributed by atoms with Crippen molar-refractivity contribution in [2.75, 3.05) is 0 Å². The summed E-state index contributed by atoms with van der Waals surface area (Å²) < 4.78 is 0. The van der Waals surface area contributed by atoms with E-state index in [0.29, 0.717) is 5.03 Å². The maximum atomic E-state index is 5.57. The minimum absolute atomic E-state index is 0.531. The molecule has 0 aliphatic carbocycles. The van der Waals surface area contributed by atoms with Gasteiger partial charge in [-0.3, -0.25) is 4.98 Å². The lowest BCUT2D eigenvalue weighted by Crippen LogP contribution is -1.74. The average Bonchev–Trinajstić information content (AvgIpc) is 1.90. The Morgan fingerprint density at radius 1 is 1.67 bits per heavy atom. The first-order valence-electron chi connectivity index (χ1n) is 2.55. The van der Waals surface area contributed by atoms with Crippen LogP contribution in [0.4, 0.5) is 0 Å². The predicted octanol–water partition coefficient (Wildman–Crippen LogP) is 2.29. The number of nitrogens with zero attached hydrogens (tertiary/aromatic N) is 1. The van der Waals surface area contributed by atoms with Gasteiger partial charge in [0, 0.05) is 23.0 Å². The number of halogens is 1. The van der Waals surface area contributed by atoms with Gasteiger partial charge in [-0.25, -0.2) is 0 Å². The lowest BCUT2D eigenvalue weighted by molar-refractivity contribution is 1.32. The normalized spacial score (nSPS) is 9.00. The van der Waals surface area contributed by atoms with Crippen molar-refractivity contribution in [1.82, 2.24) is 4.98 Å². The second kappa shape index (κ2) is 2.65. The third-order valence-electron chi connectivity index (χ3n) is 0.975. The molecule has 0 N–H and O–H groups in total. The van der Waals surface area contributed by atoms with Gasteiger partial charge in [-0.2, -0.15) is 0 Å². The van der Waals surface area contributed by atoms with Gasteiger partial charge >= 0.3 is 0 Å². The fraction of sp³-hybridized carbons (Fsp3) is 0. The molecular weight excluding hydrogens is 134 g/mol. The quantitative estimate of drug-likeness (QED) is 0.582. The first kappa shape index (κ1) is 6.30. The number of pyridine rings is 1. The minimum atomic E-state index is 0.531. The molecule has 0 saturated heterocycles. The molecule has 2 heteroatoms. The van der Waals surface area contributed by atoms with E-state index in [-0.39, 0.29) is 0 Å². The van der Waals surface area contributed by atoms with Crippen molar-refractivity contribution in [3.05, 3.63) is 36.7 Å². The van der Waals surface area contributed by atoms with Gasteiger partial charge < -0.3 is 0 Å². The first-order valence-corrected chi connectivity index (χ1v) is 2.93. The van der Waals surface area contributed by atoms with Crippen molar-refractivity contribution < 1.29 is 0 Å². The maximum Gasteiger partial charge on any atom is 0.0422 e. The van der Waals surface area contributed by atoms with Gasteiger partial charge in [-0.15, -0.1) is 0 Å². The molecule has 0 unspecified atom stereocenters. The van der Waals surface area contributed by atoms with Gasteiger partial charge in [0.1, 0.15) is 0 Å². The van der Waals surface area contributed by atoms with Crippen LogP contribution in [0.25, 0.3) is 5.03 Å². The minimum Gasteiger partial charge on any atom is -0.264 e. The van der Waals surface area contributed by atoms with Crippen molar-refractivity contribution >= 4 is 16.6 Å². The second-order valence-electron chi connectivity index (χ2n) is 1.65. The third-order valence-corrected chi connectivity index (χ3v) is 1.19. The lowest BCUT2D eigenvalue weighted by atomic mass is 10.3. The predicted molar refractivity (Wildman–Crippen MR) is 39.1 cm³/mol. The molecular formula is C7H6ClN. The zero-order valence-corrected chi connectivity index (χ0v) is 5.60. The number of rotatable bonds is 1. The van der Waals surface area contributed by atoms with Crippen molar-refractivity contribution in [1.29, 1.82) is 0 Å². The lowest BCUT2D eigenvalue weighted by Gasteiger charge is -1.91. The van der Waals surface area contributed by atoms with Gasteiger partial charge in [-0.1, -0.05) is 24.2 Å². The van der Waals surface area contributed by atoms with Gasteiger partial charge in [0.2, 0.25) is 0 Å². The molecule has 0 spiro atoms. The Morgan fingerprint density at radius 2 is 2.44 bits per heavy atom. The molecule has 0 amide bonds. The smallest absolute Gasteiger partial charge is 0.0422 e. The van der Waals surface area contributed by atoms with Crippen molar-refractivity contribution in [3.63, 3.8) is 0 Å². The molecule has 1 aromatic rings. The topological polar surface area (TPSA) is 12.9 Å². The summed E-state index contributed by atoms with van der Waals surface area (Å²) in [7, 11) is 0. The summed E-state index contributed by atoms with van der Waals surface area (Å²) in [4.78, 5) is 3.86. The van der Waals surface area contributed by atoms with Crippen LogP contribution in [-0.4, -0.2) is 4.98 Å². The van der Waals surface area contributed by atoms with Crippen LogP contribution in [0.15, 0.2) is 31.1 Å². The van der Waals surface area contributed by atoms with Crippen LogP contribution in [0.3, 0.4) is 0 Å². The molecule has 9 heavy (non-hydrogen) atoms. The zero-order chi connectivity index (χ0) is 6.69. The highest BCUT2D eigenvalue weighted by Crippen LogP contribution is 2.13. The van der Waals surface area contributed by atoms with E-state index in [1.807, 2.05) is 12.1 Å². The van der Waals surface area contributed by atoms with Gasteiger partial charge in [0.15, 0.2) is 0 Å². The highest BCUT2D eigenvalue weighted by Gasteiger charge is 1.89. The molecule has 0 atom stereocenters. The largest absolute Gasteiger partial charge is 0.264 e. The molecule has 0 saturated carbocycles. The number of hydrogen-bond donors (Lipinski definition) is 0. The zero-order valence-electron chi connectivity index (χ0n) is 4.84. The summed E-state index contributed by atoms with van der Waals surface area (Å²) in [6.45, 7) is 3.55. The van der Waals surface area contributed by atoms with Crippen molar-refractivity contribution in [3.8, 4) is 0 Å². The van der Waals surface area contributed by atoms with E-state index >= 15 is 0 Å². The molecule has 1 heterocycles. The highest BCUT2D eigenvalue weighted by molar-refractivity contribution is 6.48. The number of hydrogen-bond acceptors (Lipinski definition) is 1. The third kappa shape index (κ3) is 1.54. The monoisotopic (exact) mass is 139 g/mol. The summed E-state index contributed by atoms with van der Waals surface area (Å²) >= 11 is 5.57. The van der Waals surface area contributed by atoms with Crippen LogP contribution in [0, 0.1) is 0 Å². The van der Waals surface area contributed by atoms with Crippen LogP contribution in [0.1, 0.15) is 5.56 Å². The summed E-state index contributed by atoms with van der Waals surface area (Å²) in [5, 5.41) is 0.531. The highest BCUT2D eigenvalue weighted by atomic mass is 35.5. The Bertz CT molecular complexity index is 205. The molecule has 0 aromatic carbocycles. The Morgan fingerprint density at radius 3 is 2.78 bits per heavy atom. The van der Waals surface area contributed by atoms with E-state index in [4.69, 9.17) is 11.6 Å². The SMILES string of the molecule is C=C(Cl)c1cccnc1. The summed E-state index contributed by atoms with van der Waals surface area (Å²) in [6, 6.07) is 3.69. The first-order chi connectivity index (χ1) is 4.30. The molecule has 0 fully saturated rings. The van der Waals surface area contributed by atoms with E-state index < -0.39 is 0 Å². The average molecular weight is 140 g/mol. The van der Waals surface area contributed by atoms with Gasteiger partial charge in [-0.05, 0) is 6.07 Å². The maximum absolute atomic E-state index is 5.57. The summed E-state index contributed by atoms with van der Waals surface area (Å²) in [5.41, 5.74) is 0.874. The fourth-order valence-electron chi connectivity index (χ4n) is 0.523. The van der Waals surface area contributed by atoms with Crippen LogP contribution in [-0.2, 0) is 0 Å². The Hall–Kier alpha value is -0.820. The van der Waals surface area contributed by atoms with E-state index in [0.717, 1.165) is 5.56 Å². The molecule has 1 nitrogen and oxygen atoms in total. The van der Waals surface area contributed by atoms with Crippen LogP contribution < -0.4 is 0 Å². The van der Waals surface area contributed by atoms with Crippen LogP contribution in [0.2, 0.25) is 0 Å². The molecule has 0 aliphatic heterocycles. The number of aromatic nitrogens is 1. The molecule has 46 valence electrons. The van der Waals surface area contributed by atoms with Gasteiger partial charge in [0.25, 0.3) is 0 Å². The fourth-order valence-corrected chi connectivity index (χ4v) is 0.635. The van der Waals surface area contributed by atoms with Gasteiger partial charge in [0.05, 0.1) is 0 Å². The van der Waals surface area contributed by atoms with Crippen LogP contribution >= 0.6 is 11.6 Å². The molecule has 0 bridgehead atoms. The standard InChI is InChI=1S/C7H6ClN/c1-6(8)7-3-2-4-9-5-7/h2-5H,1H2. The summed E-state index contributed by atoms with van der Waals surface area (Å²) in [6.07, 6.45) is 3.37. The van der Waals surface area contributed by atoms with E-state index in [1.165, 1.54) is 0 Å². The van der Waals surface area contributed by atoms with Crippen LogP contribution in [0.5, 0.6) is 0 Å². The van der Waals surface area contributed by atoms with E-state index in [2.05, 4.69) is 11.6 Å². The molecule has 1 aromatic heterocycles. The molecule has 0 aliphatic rings. The van der Waals surface area contributed by atoms with E-state index in [9.17, 15) is 0 Å². The Balaban J connectivity index is 2.98. The molecule has 0 radical (unpaired) electrons.